The monoisotopic (exact) mass is 351 g/mol. The average molecular weight is 351 g/mol. The van der Waals surface area contributed by atoms with Gasteiger partial charge in [0.1, 0.15) is 18.2 Å². The predicted molar refractivity (Wildman–Crippen MR) is 102 cm³/mol. The van der Waals surface area contributed by atoms with Crippen LogP contribution in [0.4, 0.5) is 0 Å². The summed E-state index contributed by atoms with van der Waals surface area (Å²) in [6.07, 6.45) is 2.30. The number of aliphatic hydroxyl groups excluding tert-OH is 1. The Kier molecular flexibility index (Phi) is 4.91. The van der Waals surface area contributed by atoms with Crippen LogP contribution in [-0.2, 0) is 13.6 Å². The van der Waals surface area contributed by atoms with E-state index in [-0.39, 0.29) is 6.61 Å². The highest BCUT2D eigenvalue weighted by atomic mass is 16.5. The van der Waals surface area contributed by atoms with E-state index in [9.17, 15) is 0 Å². The Morgan fingerprint density at radius 1 is 1.15 bits per heavy atom. The maximum atomic E-state index is 9.05. The fourth-order valence-electron chi connectivity index (χ4n) is 3.92. The molecule has 136 valence electrons. The highest BCUT2D eigenvalue weighted by molar-refractivity contribution is 5.75. The average Bonchev–Trinajstić information content (AvgIpc) is 3.25. The van der Waals surface area contributed by atoms with Crippen LogP contribution >= 0.6 is 0 Å². The van der Waals surface area contributed by atoms with Gasteiger partial charge in [-0.3, -0.25) is 4.90 Å². The Morgan fingerprint density at radius 3 is 2.81 bits per heavy atom. The predicted octanol–water partition coefficient (Wildman–Crippen LogP) is 3.28. The molecule has 1 aromatic heterocycles. The molecule has 1 saturated heterocycles. The smallest absolute Gasteiger partial charge is 0.127 e. The molecule has 4 rings (SSSR count). The molecule has 1 aliphatic rings. The molecule has 0 radical (unpaired) electrons. The standard InChI is InChI=1S/C21H25N3O2/c1-23-18-9-4-3-8-17(18)22-21(23)19-10-6-12-24(19)15-16-7-2-5-11-20(16)26-14-13-25/h2-5,7-9,11,19,25H,6,10,12-15H2,1H3/t19-/m0/s1. The van der Waals surface area contributed by atoms with Crippen LogP contribution in [0.2, 0.25) is 0 Å². The van der Waals surface area contributed by atoms with Crippen molar-refractivity contribution in [2.75, 3.05) is 19.8 Å². The topological polar surface area (TPSA) is 50.5 Å². The highest BCUT2D eigenvalue weighted by Crippen LogP contribution is 2.35. The number of ether oxygens (including phenoxy) is 1. The number of para-hydroxylation sites is 3. The Labute approximate surface area is 153 Å². The number of likely N-dealkylation sites (tertiary alicyclic amines) is 1. The van der Waals surface area contributed by atoms with Gasteiger partial charge in [-0.25, -0.2) is 4.98 Å². The van der Waals surface area contributed by atoms with Crippen molar-refractivity contribution in [2.24, 2.45) is 7.05 Å². The Hall–Kier alpha value is -2.37. The van der Waals surface area contributed by atoms with Crippen LogP contribution in [0.1, 0.15) is 30.3 Å². The van der Waals surface area contributed by atoms with Gasteiger partial charge in [0.15, 0.2) is 0 Å². The normalized spacial score (nSPS) is 17.8. The van der Waals surface area contributed by atoms with Gasteiger partial charge < -0.3 is 14.4 Å². The molecule has 26 heavy (non-hydrogen) atoms. The fourth-order valence-corrected chi connectivity index (χ4v) is 3.92. The summed E-state index contributed by atoms with van der Waals surface area (Å²) in [6.45, 7) is 2.24. The van der Waals surface area contributed by atoms with Crippen molar-refractivity contribution >= 4 is 11.0 Å². The zero-order chi connectivity index (χ0) is 17.9. The van der Waals surface area contributed by atoms with E-state index in [0.717, 1.165) is 42.2 Å². The molecule has 2 aromatic carbocycles. The summed E-state index contributed by atoms with van der Waals surface area (Å²) in [7, 11) is 2.11. The summed E-state index contributed by atoms with van der Waals surface area (Å²) >= 11 is 0. The van der Waals surface area contributed by atoms with Gasteiger partial charge in [-0.1, -0.05) is 30.3 Å². The molecule has 0 spiro atoms. The van der Waals surface area contributed by atoms with E-state index in [1.165, 1.54) is 11.9 Å². The lowest BCUT2D eigenvalue weighted by Gasteiger charge is -2.25. The molecular weight excluding hydrogens is 326 g/mol. The molecule has 1 aliphatic heterocycles. The first-order chi connectivity index (χ1) is 12.8. The van der Waals surface area contributed by atoms with Crippen molar-refractivity contribution < 1.29 is 9.84 Å². The highest BCUT2D eigenvalue weighted by Gasteiger charge is 2.30. The van der Waals surface area contributed by atoms with Crippen molar-refractivity contribution in [1.29, 1.82) is 0 Å². The summed E-state index contributed by atoms with van der Waals surface area (Å²) in [6, 6.07) is 16.7. The van der Waals surface area contributed by atoms with Crippen LogP contribution in [0.15, 0.2) is 48.5 Å². The molecule has 0 bridgehead atoms. The Bertz CT molecular complexity index is 890. The van der Waals surface area contributed by atoms with Crippen LogP contribution in [0, 0.1) is 0 Å². The first-order valence-electron chi connectivity index (χ1n) is 9.25. The number of aryl methyl sites for hydroxylation is 1. The quantitative estimate of drug-likeness (QED) is 0.740. The first kappa shape index (κ1) is 17.1. The summed E-state index contributed by atoms with van der Waals surface area (Å²) < 4.78 is 7.94. The number of rotatable bonds is 6. The molecule has 2 heterocycles. The molecule has 3 aromatic rings. The van der Waals surface area contributed by atoms with Crippen molar-refractivity contribution in [3.63, 3.8) is 0 Å². The zero-order valence-electron chi connectivity index (χ0n) is 15.1. The molecule has 5 heteroatoms. The van der Waals surface area contributed by atoms with Gasteiger partial charge in [0.2, 0.25) is 0 Å². The molecule has 5 nitrogen and oxygen atoms in total. The maximum absolute atomic E-state index is 9.05. The summed E-state index contributed by atoms with van der Waals surface area (Å²) in [5.41, 5.74) is 3.40. The van der Waals surface area contributed by atoms with Crippen LogP contribution in [-0.4, -0.2) is 39.3 Å². The lowest BCUT2D eigenvalue weighted by atomic mass is 10.1. The van der Waals surface area contributed by atoms with Crippen molar-refractivity contribution in [2.45, 2.75) is 25.4 Å². The van der Waals surface area contributed by atoms with Gasteiger partial charge in [-0.05, 0) is 37.6 Å². The number of hydrogen-bond donors (Lipinski definition) is 1. The van der Waals surface area contributed by atoms with E-state index >= 15 is 0 Å². The number of aliphatic hydroxyl groups is 1. The molecule has 0 saturated carbocycles. The van der Waals surface area contributed by atoms with Gasteiger partial charge in [0.25, 0.3) is 0 Å². The number of nitrogens with zero attached hydrogens (tertiary/aromatic N) is 3. The van der Waals surface area contributed by atoms with E-state index in [0.29, 0.717) is 12.6 Å². The number of fused-ring (bicyclic) bond motifs is 1. The Morgan fingerprint density at radius 2 is 1.96 bits per heavy atom. The van der Waals surface area contributed by atoms with Crippen LogP contribution in [0.3, 0.4) is 0 Å². The largest absolute Gasteiger partial charge is 0.491 e. The number of aromatic nitrogens is 2. The van der Waals surface area contributed by atoms with E-state index in [4.69, 9.17) is 14.8 Å². The lowest BCUT2D eigenvalue weighted by Crippen LogP contribution is -2.25. The SMILES string of the molecule is Cn1c([C@@H]2CCCN2Cc2ccccc2OCCO)nc2ccccc21. The van der Waals surface area contributed by atoms with Crippen LogP contribution in [0.5, 0.6) is 5.75 Å². The first-order valence-corrected chi connectivity index (χ1v) is 9.25. The second kappa shape index (κ2) is 7.48. The minimum Gasteiger partial charge on any atom is -0.491 e. The van der Waals surface area contributed by atoms with Crippen molar-refractivity contribution in [3.05, 3.63) is 59.9 Å². The third-order valence-electron chi connectivity index (χ3n) is 5.18. The van der Waals surface area contributed by atoms with Gasteiger partial charge in [-0.2, -0.15) is 0 Å². The summed E-state index contributed by atoms with van der Waals surface area (Å²) in [5.74, 6) is 2.00. The summed E-state index contributed by atoms with van der Waals surface area (Å²) in [5, 5.41) is 9.05. The molecular formula is C21H25N3O2. The van der Waals surface area contributed by atoms with E-state index in [1.807, 2.05) is 24.3 Å². The van der Waals surface area contributed by atoms with Crippen LogP contribution in [0.25, 0.3) is 11.0 Å². The molecule has 0 unspecified atom stereocenters. The van der Waals surface area contributed by atoms with Crippen LogP contribution < -0.4 is 4.74 Å². The molecule has 1 fully saturated rings. The second-order valence-electron chi connectivity index (χ2n) is 6.83. The number of imidazole rings is 1. The minimum absolute atomic E-state index is 0.0283. The van der Waals surface area contributed by atoms with Gasteiger partial charge in [0, 0.05) is 19.2 Å². The van der Waals surface area contributed by atoms with Crippen molar-refractivity contribution in [1.82, 2.24) is 14.5 Å². The molecule has 0 aliphatic carbocycles. The molecule has 1 N–H and O–H groups in total. The van der Waals surface area contributed by atoms with E-state index < -0.39 is 0 Å². The summed E-state index contributed by atoms with van der Waals surface area (Å²) in [4.78, 5) is 7.40. The maximum Gasteiger partial charge on any atom is 0.127 e. The lowest BCUT2D eigenvalue weighted by molar-refractivity contribution is 0.194. The Balaban J connectivity index is 1.60. The third kappa shape index (κ3) is 3.20. The van der Waals surface area contributed by atoms with Gasteiger partial charge in [-0.15, -0.1) is 0 Å². The van der Waals surface area contributed by atoms with Gasteiger partial charge >= 0.3 is 0 Å². The zero-order valence-corrected chi connectivity index (χ0v) is 15.1. The molecule has 1 atom stereocenters. The number of hydrogen-bond acceptors (Lipinski definition) is 4. The minimum atomic E-state index is 0.0283. The van der Waals surface area contributed by atoms with E-state index in [1.54, 1.807) is 0 Å². The second-order valence-corrected chi connectivity index (χ2v) is 6.83. The molecule has 0 amide bonds. The van der Waals surface area contributed by atoms with Gasteiger partial charge in [0.05, 0.1) is 23.7 Å². The van der Waals surface area contributed by atoms with E-state index in [2.05, 4.69) is 40.8 Å². The third-order valence-corrected chi connectivity index (χ3v) is 5.18. The van der Waals surface area contributed by atoms with Crippen molar-refractivity contribution in [3.8, 4) is 5.75 Å². The fraction of sp³-hybridized carbons (Fsp3) is 0.381. The number of benzene rings is 2.